The molecule has 1 aromatic rings. The van der Waals surface area contributed by atoms with Crippen molar-refractivity contribution in [1.29, 1.82) is 0 Å². The molecule has 0 radical (unpaired) electrons. The van der Waals surface area contributed by atoms with Gasteiger partial charge in [0, 0.05) is 6.42 Å². The van der Waals surface area contributed by atoms with Gasteiger partial charge in [0.05, 0.1) is 6.10 Å². The quantitative estimate of drug-likeness (QED) is 0.692. The number of rotatable bonds is 3. The summed E-state index contributed by atoms with van der Waals surface area (Å²) in [5.74, 6) is 2.40. The van der Waals surface area contributed by atoms with E-state index in [1.165, 1.54) is 0 Å². The van der Waals surface area contributed by atoms with E-state index in [0.29, 0.717) is 6.42 Å². The highest BCUT2D eigenvalue weighted by atomic mass is 16.3. The summed E-state index contributed by atoms with van der Waals surface area (Å²) in [4.78, 5) is 0. The van der Waals surface area contributed by atoms with E-state index >= 15 is 0 Å². The van der Waals surface area contributed by atoms with Crippen molar-refractivity contribution in [2.45, 2.75) is 12.5 Å². The first-order valence-electron chi connectivity index (χ1n) is 4.17. The molecule has 0 aliphatic heterocycles. The molecule has 0 amide bonds. The van der Waals surface area contributed by atoms with Crippen LogP contribution >= 0.6 is 0 Å². The second-order valence-corrected chi connectivity index (χ2v) is 2.75. The monoisotopic (exact) mass is 172 g/mol. The number of terminal acetylenes is 1. The molecule has 1 aromatic carbocycles. The lowest BCUT2D eigenvalue weighted by atomic mass is 10.1. The van der Waals surface area contributed by atoms with Gasteiger partial charge in [0.15, 0.2) is 0 Å². The minimum atomic E-state index is -0.537. The van der Waals surface area contributed by atoms with E-state index in [-0.39, 0.29) is 0 Å². The fraction of sp³-hybridized carbons (Fsp3) is 0.167. The molecule has 0 heterocycles. The van der Waals surface area contributed by atoms with Gasteiger partial charge in [-0.3, -0.25) is 0 Å². The highest BCUT2D eigenvalue weighted by Gasteiger charge is 1.93. The molecule has 0 saturated heterocycles. The first-order chi connectivity index (χ1) is 6.33. The van der Waals surface area contributed by atoms with Crippen molar-refractivity contribution in [2.75, 3.05) is 0 Å². The molecule has 13 heavy (non-hydrogen) atoms. The topological polar surface area (TPSA) is 20.2 Å². The normalized spacial score (nSPS) is 12.6. The van der Waals surface area contributed by atoms with Crippen LogP contribution in [-0.2, 0) is 0 Å². The molecule has 0 fully saturated rings. The van der Waals surface area contributed by atoms with Gasteiger partial charge in [-0.15, -0.1) is 12.3 Å². The van der Waals surface area contributed by atoms with Crippen LogP contribution in [0.25, 0.3) is 6.08 Å². The lowest BCUT2D eigenvalue weighted by Crippen LogP contribution is -1.98. The van der Waals surface area contributed by atoms with Crippen LogP contribution in [0.1, 0.15) is 12.0 Å². The highest BCUT2D eigenvalue weighted by Crippen LogP contribution is 2.02. The third-order valence-electron chi connectivity index (χ3n) is 1.64. The first-order valence-corrected chi connectivity index (χ1v) is 4.17. The SMILES string of the molecule is C#CC[C@H](O)/C=C/c1ccccc1. The number of benzene rings is 1. The Balaban J connectivity index is 2.55. The third kappa shape index (κ3) is 3.59. The van der Waals surface area contributed by atoms with Gasteiger partial charge < -0.3 is 5.11 Å². The summed E-state index contributed by atoms with van der Waals surface area (Å²) in [7, 11) is 0. The summed E-state index contributed by atoms with van der Waals surface area (Å²) in [6.45, 7) is 0. The Morgan fingerprint density at radius 2 is 2.08 bits per heavy atom. The first kappa shape index (κ1) is 9.57. The molecule has 1 N–H and O–H groups in total. The van der Waals surface area contributed by atoms with Crippen molar-refractivity contribution in [3.05, 3.63) is 42.0 Å². The summed E-state index contributed by atoms with van der Waals surface area (Å²) in [5.41, 5.74) is 1.07. The van der Waals surface area contributed by atoms with Crippen molar-refractivity contribution in [3.63, 3.8) is 0 Å². The van der Waals surface area contributed by atoms with Crippen LogP contribution < -0.4 is 0 Å². The molecule has 0 unspecified atom stereocenters. The molecule has 1 atom stereocenters. The van der Waals surface area contributed by atoms with Gasteiger partial charge in [-0.1, -0.05) is 42.5 Å². The molecular weight excluding hydrogens is 160 g/mol. The second-order valence-electron chi connectivity index (χ2n) is 2.75. The van der Waals surface area contributed by atoms with E-state index in [9.17, 15) is 5.11 Å². The van der Waals surface area contributed by atoms with E-state index in [1.807, 2.05) is 36.4 Å². The predicted molar refractivity (Wildman–Crippen MR) is 54.9 cm³/mol. The van der Waals surface area contributed by atoms with Crippen LogP contribution in [-0.4, -0.2) is 11.2 Å². The average molecular weight is 172 g/mol. The van der Waals surface area contributed by atoms with Gasteiger partial charge in [-0.2, -0.15) is 0 Å². The molecule has 66 valence electrons. The molecule has 0 spiro atoms. The zero-order chi connectivity index (χ0) is 9.52. The summed E-state index contributed by atoms with van der Waals surface area (Å²) < 4.78 is 0. The Hall–Kier alpha value is -1.52. The summed E-state index contributed by atoms with van der Waals surface area (Å²) in [5, 5.41) is 9.28. The number of hydrogen-bond donors (Lipinski definition) is 1. The Kier molecular flexibility index (Phi) is 3.81. The predicted octanol–water partition coefficient (Wildman–Crippen LogP) is 2.08. The molecule has 1 heteroatoms. The van der Waals surface area contributed by atoms with Gasteiger partial charge in [0.25, 0.3) is 0 Å². The number of hydrogen-bond acceptors (Lipinski definition) is 1. The smallest absolute Gasteiger partial charge is 0.0833 e. The summed E-state index contributed by atoms with van der Waals surface area (Å²) >= 11 is 0. The van der Waals surface area contributed by atoms with E-state index in [0.717, 1.165) is 5.56 Å². The van der Waals surface area contributed by atoms with Gasteiger partial charge >= 0.3 is 0 Å². The molecule has 1 nitrogen and oxygen atoms in total. The zero-order valence-electron chi connectivity index (χ0n) is 7.35. The third-order valence-corrected chi connectivity index (χ3v) is 1.64. The van der Waals surface area contributed by atoms with Gasteiger partial charge in [-0.05, 0) is 5.56 Å². The molecule has 0 bridgehead atoms. The summed E-state index contributed by atoms with van der Waals surface area (Å²) in [6.07, 6.45) is 8.45. The lowest BCUT2D eigenvalue weighted by Gasteiger charge is -1.98. The Morgan fingerprint density at radius 1 is 1.38 bits per heavy atom. The van der Waals surface area contributed by atoms with E-state index in [2.05, 4.69) is 5.92 Å². The maximum Gasteiger partial charge on any atom is 0.0833 e. The van der Waals surface area contributed by atoms with Crippen LogP contribution in [0.3, 0.4) is 0 Å². The fourth-order valence-electron chi connectivity index (χ4n) is 0.975. The summed E-state index contributed by atoms with van der Waals surface area (Å²) in [6, 6.07) is 9.80. The van der Waals surface area contributed by atoms with Crippen LogP contribution in [0.15, 0.2) is 36.4 Å². The van der Waals surface area contributed by atoms with Crippen molar-refractivity contribution in [2.24, 2.45) is 0 Å². The van der Waals surface area contributed by atoms with Crippen molar-refractivity contribution in [3.8, 4) is 12.3 Å². The standard InChI is InChI=1S/C12H12O/c1-2-6-12(13)10-9-11-7-4-3-5-8-11/h1,3-5,7-10,12-13H,6H2/b10-9+/t12-/m0/s1. The van der Waals surface area contributed by atoms with Crippen molar-refractivity contribution in [1.82, 2.24) is 0 Å². The largest absolute Gasteiger partial charge is 0.388 e. The molecule has 0 aromatic heterocycles. The van der Waals surface area contributed by atoms with Gasteiger partial charge in [-0.25, -0.2) is 0 Å². The van der Waals surface area contributed by atoms with Gasteiger partial charge in [0.1, 0.15) is 0 Å². The van der Waals surface area contributed by atoms with Crippen LogP contribution in [0.5, 0.6) is 0 Å². The average Bonchev–Trinajstić information content (AvgIpc) is 2.17. The van der Waals surface area contributed by atoms with Crippen molar-refractivity contribution < 1.29 is 5.11 Å². The Labute approximate surface area is 78.7 Å². The number of aliphatic hydroxyl groups excluding tert-OH is 1. The van der Waals surface area contributed by atoms with Gasteiger partial charge in [0.2, 0.25) is 0 Å². The van der Waals surface area contributed by atoms with Crippen molar-refractivity contribution >= 4 is 6.08 Å². The minimum Gasteiger partial charge on any atom is -0.388 e. The van der Waals surface area contributed by atoms with E-state index in [4.69, 9.17) is 6.42 Å². The molecular formula is C12H12O. The fourth-order valence-corrected chi connectivity index (χ4v) is 0.975. The minimum absolute atomic E-state index is 0.364. The Bertz CT molecular complexity index is 306. The van der Waals surface area contributed by atoms with E-state index in [1.54, 1.807) is 6.08 Å². The maximum atomic E-state index is 9.28. The molecule has 1 rings (SSSR count). The molecule has 0 aliphatic rings. The maximum absolute atomic E-state index is 9.28. The highest BCUT2D eigenvalue weighted by molar-refractivity contribution is 5.49. The lowest BCUT2D eigenvalue weighted by molar-refractivity contribution is 0.230. The molecule has 0 aliphatic carbocycles. The van der Waals surface area contributed by atoms with Crippen LogP contribution in [0.2, 0.25) is 0 Å². The van der Waals surface area contributed by atoms with Crippen LogP contribution in [0, 0.1) is 12.3 Å². The molecule has 0 saturated carbocycles. The van der Waals surface area contributed by atoms with Crippen LogP contribution in [0.4, 0.5) is 0 Å². The second kappa shape index (κ2) is 5.18. The van der Waals surface area contributed by atoms with E-state index < -0.39 is 6.10 Å². The zero-order valence-corrected chi connectivity index (χ0v) is 7.35. The Morgan fingerprint density at radius 3 is 2.69 bits per heavy atom. The number of aliphatic hydroxyl groups is 1.